The first-order valence-corrected chi connectivity index (χ1v) is 11.3. The van der Waals surface area contributed by atoms with Crippen molar-refractivity contribution in [2.45, 2.75) is 50.1 Å². The van der Waals surface area contributed by atoms with Crippen LogP contribution in [0.1, 0.15) is 44.1 Å². The summed E-state index contributed by atoms with van der Waals surface area (Å²) in [6, 6.07) is 8.92. The highest BCUT2D eigenvalue weighted by Crippen LogP contribution is 2.48. The van der Waals surface area contributed by atoms with Crippen LogP contribution in [0.25, 0.3) is 0 Å². The minimum absolute atomic E-state index is 0.348. The lowest BCUT2D eigenvalue weighted by Gasteiger charge is -2.27. The minimum Gasteiger partial charge on any atom is -0.146 e. The Morgan fingerprint density at radius 3 is 2.44 bits per heavy atom. The number of halogens is 3. The van der Waals surface area contributed by atoms with Crippen molar-refractivity contribution < 1.29 is 0 Å². The third-order valence-corrected chi connectivity index (χ3v) is 10.0. The summed E-state index contributed by atoms with van der Waals surface area (Å²) in [6.07, 6.45) is 5.02. The van der Waals surface area contributed by atoms with Crippen LogP contribution in [0.5, 0.6) is 0 Å². The van der Waals surface area contributed by atoms with Crippen molar-refractivity contribution in [2.75, 3.05) is 0 Å². The number of benzene rings is 1. The highest BCUT2D eigenvalue weighted by Gasteiger charge is 2.41. The molecule has 4 heteroatoms. The summed E-state index contributed by atoms with van der Waals surface area (Å²) in [5, 5.41) is 0.828. The predicted octanol–water partition coefficient (Wildman–Crippen LogP) is 6.31. The van der Waals surface area contributed by atoms with Gasteiger partial charge in [-0.2, -0.15) is 0 Å². The van der Waals surface area contributed by atoms with E-state index in [4.69, 9.17) is 33.8 Å². The van der Waals surface area contributed by atoms with E-state index in [1.165, 1.54) is 31.2 Å². The van der Waals surface area contributed by atoms with Gasteiger partial charge in [-0.3, -0.25) is 0 Å². The van der Waals surface area contributed by atoms with E-state index in [2.05, 4.69) is 13.0 Å². The first kappa shape index (κ1) is 14.7. The van der Waals surface area contributed by atoms with E-state index < -0.39 is 6.69 Å². The summed E-state index contributed by atoms with van der Waals surface area (Å²) >= 11 is 19.6. The molecule has 1 aromatic rings. The average Bonchev–Trinajstić information content (AvgIpc) is 2.82. The molecule has 0 N–H and O–H groups in total. The van der Waals surface area contributed by atoms with Gasteiger partial charge in [-0.25, -0.2) is 0 Å². The van der Waals surface area contributed by atoms with Crippen molar-refractivity contribution in [1.82, 2.24) is 0 Å². The standard InChI is InChI=1S/C14H19Cl3Si/c1-11(13-8-4-5-9-14(13)15)10-18(16,17)12-6-2-3-7-12/h4-5,8-9,11-12H,2-3,6-7,10H2,1H3. The van der Waals surface area contributed by atoms with Gasteiger partial charge < -0.3 is 0 Å². The van der Waals surface area contributed by atoms with Crippen molar-refractivity contribution >= 4 is 40.5 Å². The molecule has 1 fully saturated rings. The maximum Gasteiger partial charge on any atom is 0.254 e. The van der Waals surface area contributed by atoms with E-state index in [0.717, 1.165) is 11.1 Å². The lowest BCUT2D eigenvalue weighted by molar-refractivity contribution is 0.802. The third kappa shape index (κ3) is 3.44. The van der Waals surface area contributed by atoms with Crippen LogP contribution in [0.15, 0.2) is 24.3 Å². The van der Waals surface area contributed by atoms with Gasteiger partial charge >= 0.3 is 0 Å². The van der Waals surface area contributed by atoms with Crippen LogP contribution < -0.4 is 0 Å². The summed E-state index contributed by atoms with van der Waals surface area (Å²) < 4.78 is 0. The monoisotopic (exact) mass is 320 g/mol. The second kappa shape index (κ2) is 6.17. The summed E-state index contributed by atoms with van der Waals surface area (Å²) in [5.41, 5.74) is 1.75. The molecule has 0 saturated heterocycles. The molecule has 0 aromatic heterocycles. The van der Waals surface area contributed by atoms with Gasteiger partial charge in [-0.05, 0) is 29.1 Å². The van der Waals surface area contributed by atoms with E-state index >= 15 is 0 Å². The Kier molecular flexibility index (Phi) is 5.04. The maximum atomic E-state index is 6.70. The van der Waals surface area contributed by atoms with Crippen LogP contribution in [-0.4, -0.2) is 6.69 Å². The zero-order chi connectivity index (χ0) is 13.2. The molecule has 1 aliphatic carbocycles. The molecule has 2 rings (SSSR count). The van der Waals surface area contributed by atoms with Gasteiger partial charge in [0.1, 0.15) is 0 Å². The Morgan fingerprint density at radius 2 is 1.83 bits per heavy atom. The molecule has 0 aliphatic heterocycles. The Labute approximate surface area is 125 Å². The van der Waals surface area contributed by atoms with Gasteiger partial charge in [0.2, 0.25) is 0 Å². The highest BCUT2D eigenvalue weighted by molar-refractivity contribution is 7.46. The SMILES string of the molecule is CC(C[Si](Cl)(Cl)C1CCCC1)c1ccccc1Cl. The topological polar surface area (TPSA) is 0 Å². The molecule has 18 heavy (non-hydrogen) atoms. The fraction of sp³-hybridized carbons (Fsp3) is 0.571. The van der Waals surface area contributed by atoms with Crippen molar-refractivity contribution in [3.63, 3.8) is 0 Å². The molecule has 0 spiro atoms. The smallest absolute Gasteiger partial charge is 0.146 e. The predicted molar refractivity (Wildman–Crippen MR) is 84.4 cm³/mol. The first-order valence-electron chi connectivity index (χ1n) is 6.63. The van der Waals surface area contributed by atoms with E-state index in [-0.39, 0.29) is 0 Å². The molecule has 1 aromatic carbocycles. The zero-order valence-corrected chi connectivity index (χ0v) is 13.9. The van der Waals surface area contributed by atoms with Crippen LogP contribution in [-0.2, 0) is 0 Å². The van der Waals surface area contributed by atoms with Crippen molar-refractivity contribution in [3.05, 3.63) is 34.9 Å². The average molecular weight is 322 g/mol. The molecule has 0 radical (unpaired) electrons. The molecule has 100 valence electrons. The molecule has 0 amide bonds. The second-order valence-electron chi connectivity index (χ2n) is 5.37. The maximum absolute atomic E-state index is 6.70. The molecule has 0 heterocycles. The van der Waals surface area contributed by atoms with Gasteiger partial charge in [-0.1, -0.05) is 62.4 Å². The molecule has 1 saturated carbocycles. The summed E-state index contributed by atoms with van der Waals surface area (Å²) in [6.45, 7) is 0.0300. The molecular formula is C14H19Cl3Si. The van der Waals surface area contributed by atoms with E-state index in [9.17, 15) is 0 Å². The first-order chi connectivity index (χ1) is 8.50. The Balaban J connectivity index is 2.06. The van der Waals surface area contributed by atoms with Crippen LogP contribution in [0.3, 0.4) is 0 Å². The van der Waals surface area contributed by atoms with Gasteiger partial charge in [-0.15, -0.1) is 22.2 Å². The summed E-state index contributed by atoms with van der Waals surface area (Å²) in [4.78, 5) is 0. The number of hydrogen-bond acceptors (Lipinski definition) is 0. The molecule has 1 unspecified atom stereocenters. The lowest BCUT2D eigenvalue weighted by Crippen LogP contribution is -2.27. The summed E-state index contributed by atoms with van der Waals surface area (Å²) in [5.74, 6) is 0.348. The van der Waals surface area contributed by atoms with Gasteiger partial charge in [0.15, 0.2) is 0 Å². The van der Waals surface area contributed by atoms with Crippen molar-refractivity contribution in [1.29, 1.82) is 0 Å². The van der Waals surface area contributed by atoms with Gasteiger partial charge in [0, 0.05) is 5.02 Å². The van der Waals surface area contributed by atoms with E-state index in [0.29, 0.717) is 11.5 Å². The fourth-order valence-corrected chi connectivity index (χ4v) is 8.55. The Morgan fingerprint density at radius 1 is 1.22 bits per heavy atom. The highest BCUT2D eigenvalue weighted by atomic mass is 35.7. The fourth-order valence-electron chi connectivity index (χ4n) is 2.91. The van der Waals surface area contributed by atoms with Crippen LogP contribution >= 0.6 is 33.8 Å². The molecule has 0 nitrogen and oxygen atoms in total. The lowest BCUT2D eigenvalue weighted by atomic mass is 10.0. The Bertz CT molecular complexity index is 400. The number of hydrogen-bond donors (Lipinski definition) is 0. The van der Waals surface area contributed by atoms with Gasteiger partial charge in [0.05, 0.1) is 0 Å². The molecule has 1 aliphatic rings. The Hall–Kier alpha value is 0.307. The van der Waals surface area contributed by atoms with Crippen molar-refractivity contribution in [2.24, 2.45) is 0 Å². The van der Waals surface area contributed by atoms with Crippen molar-refractivity contribution in [3.8, 4) is 0 Å². The largest absolute Gasteiger partial charge is 0.254 e. The quantitative estimate of drug-likeness (QED) is 0.450. The van der Waals surface area contributed by atoms with E-state index in [1.54, 1.807) is 0 Å². The van der Waals surface area contributed by atoms with Crippen LogP contribution in [0.2, 0.25) is 16.6 Å². The van der Waals surface area contributed by atoms with E-state index in [1.807, 2.05) is 18.2 Å². The third-order valence-electron chi connectivity index (χ3n) is 3.97. The molecule has 0 bridgehead atoms. The van der Waals surface area contributed by atoms with Crippen LogP contribution in [0.4, 0.5) is 0 Å². The number of rotatable bonds is 4. The molecular weight excluding hydrogens is 303 g/mol. The van der Waals surface area contributed by atoms with Crippen LogP contribution in [0, 0.1) is 0 Å². The summed E-state index contributed by atoms with van der Waals surface area (Å²) in [7, 11) is 0. The molecule has 1 atom stereocenters. The zero-order valence-electron chi connectivity index (χ0n) is 10.6. The van der Waals surface area contributed by atoms with Gasteiger partial charge in [0.25, 0.3) is 6.69 Å². The second-order valence-corrected chi connectivity index (χ2v) is 13.2. The normalized spacial score (nSPS) is 19.1. The minimum atomic E-state index is -2.15.